The largest absolute Gasteiger partial charge is 0.330 e. The maximum atomic E-state index is 12.6. The van der Waals surface area contributed by atoms with Gasteiger partial charge < -0.3 is 16.4 Å². The molecule has 0 spiro atoms. The maximum absolute atomic E-state index is 12.6. The van der Waals surface area contributed by atoms with Gasteiger partial charge in [0.1, 0.15) is 5.54 Å². The van der Waals surface area contributed by atoms with Crippen molar-refractivity contribution >= 4 is 23.5 Å². The van der Waals surface area contributed by atoms with Crippen molar-refractivity contribution in [3.05, 3.63) is 29.8 Å². The molecular weight excluding hydrogens is 332 g/mol. The highest BCUT2D eigenvalue weighted by Gasteiger charge is 2.43. The molecule has 1 unspecified atom stereocenters. The first kappa shape index (κ1) is 18.4. The molecule has 3 rings (SSSR count). The van der Waals surface area contributed by atoms with Crippen molar-refractivity contribution in [2.24, 2.45) is 11.1 Å². The Kier molecular flexibility index (Phi) is 5.00. The van der Waals surface area contributed by atoms with Crippen molar-refractivity contribution in [3.63, 3.8) is 0 Å². The first-order valence-corrected chi connectivity index (χ1v) is 9.11. The molecule has 7 nitrogen and oxygen atoms in total. The normalized spacial score (nSPS) is 24.7. The molecule has 1 saturated heterocycles. The number of benzene rings is 1. The fraction of sp³-hybridized carbons (Fsp3) is 0.526. The zero-order valence-corrected chi connectivity index (χ0v) is 15.1. The maximum Gasteiger partial charge on any atom is 0.322 e. The number of carbonyl (C=O) groups is 3. The van der Waals surface area contributed by atoms with E-state index in [9.17, 15) is 14.4 Å². The van der Waals surface area contributed by atoms with Crippen LogP contribution in [0.5, 0.6) is 0 Å². The number of nitrogens with two attached hydrogens (primary N) is 1. The van der Waals surface area contributed by atoms with E-state index >= 15 is 0 Å². The van der Waals surface area contributed by atoms with Crippen LogP contribution in [0.3, 0.4) is 0 Å². The summed E-state index contributed by atoms with van der Waals surface area (Å²) in [7, 11) is 0. The Morgan fingerprint density at radius 3 is 2.58 bits per heavy atom. The van der Waals surface area contributed by atoms with E-state index in [2.05, 4.69) is 16.0 Å². The molecule has 1 aliphatic carbocycles. The zero-order valence-electron chi connectivity index (χ0n) is 15.1. The lowest BCUT2D eigenvalue weighted by Gasteiger charge is -2.35. The summed E-state index contributed by atoms with van der Waals surface area (Å²) in [4.78, 5) is 36.1. The summed E-state index contributed by atoms with van der Waals surface area (Å²) in [6, 6.07) is 6.49. The van der Waals surface area contributed by atoms with E-state index < -0.39 is 17.5 Å². The molecule has 1 aliphatic heterocycles. The molecule has 1 atom stereocenters. The average Bonchev–Trinajstić information content (AvgIpc) is 2.89. The van der Waals surface area contributed by atoms with E-state index in [4.69, 9.17) is 5.73 Å². The number of amides is 4. The molecule has 7 heteroatoms. The van der Waals surface area contributed by atoms with Gasteiger partial charge in [-0.25, -0.2) is 4.79 Å². The van der Waals surface area contributed by atoms with E-state index in [1.54, 1.807) is 31.2 Å². The summed E-state index contributed by atoms with van der Waals surface area (Å²) in [5, 5.41) is 7.79. The smallest absolute Gasteiger partial charge is 0.322 e. The van der Waals surface area contributed by atoms with Crippen LogP contribution in [-0.4, -0.2) is 24.4 Å². The number of imide groups is 1. The van der Waals surface area contributed by atoms with Crippen LogP contribution < -0.4 is 21.7 Å². The van der Waals surface area contributed by atoms with Gasteiger partial charge in [0.25, 0.3) is 5.91 Å². The summed E-state index contributed by atoms with van der Waals surface area (Å²) < 4.78 is 0. The van der Waals surface area contributed by atoms with Crippen molar-refractivity contribution in [1.29, 1.82) is 0 Å². The molecule has 0 bridgehead atoms. The predicted octanol–water partition coefficient (Wildman–Crippen LogP) is 1.98. The lowest BCUT2D eigenvalue weighted by Crippen LogP contribution is -2.40. The molecule has 1 aromatic rings. The van der Waals surface area contributed by atoms with Crippen LogP contribution in [0.15, 0.2) is 24.3 Å². The Morgan fingerprint density at radius 1 is 1.23 bits per heavy atom. The molecule has 2 aliphatic rings. The van der Waals surface area contributed by atoms with E-state index in [1.807, 2.05) is 0 Å². The highest BCUT2D eigenvalue weighted by Crippen LogP contribution is 2.38. The zero-order chi connectivity index (χ0) is 18.8. The third-order valence-electron chi connectivity index (χ3n) is 5.65. The van der Waals surface area contributed by atoms with Gasteiger partial charge in [-0.05, 0) is 49.4 Å². The van der Waals surface area contributed by atoms with E-state index in [0.29, 0.717) is 24.2 Å². The summed E-state index contributed by atoms with van der Waals surface area (Å²) in [6.45, 7) is 2.16. The van der Waals surface area contributed by atoms with Gasteiger partial charge in [0.05, 0.1) is 0 Å². The Bertz CT molecular complexity index is 727. The SMILES string of the molecule is CC1(c2cccc(NC(=O)CC3(CN)CCCCC3)c2)NC(=O)NC1=O. The van der Waals surface area contributed by atoms with Crippen molar-refractivity contribution in [2.45, 2.75) is 51.0 Å². The molecular formula is C19H26N4O3. The van der Waals surface area contributed by atoms with E-state index in [0.717, 1.165) is 25.7 Å². The van der Waals surface area contributed by atoms with Gasteiger partial charge in [-0.15, -0.1) is 0 Å². The number of urea groups is 1. The predicted molar refractivity (Wildman–Crippen MR) is 98.3 cm³/mol. The Morgan fingerprint density at radius 2 is 1.96 bits per heavy atom. The van der Waals surface area contributed by atoms with Crippen molar-refractivity contribution in [2.75, 3.05) is 11.9 Å². The molecule has 5 N–H and O–H groups in total. The lowest BCUT2D eigenvalue weighted by atomic mass is 9.71. The van der Waals surface area contributed by atoms with E-state index in [-0.39, 0.29) is 11.3 Å². The fourth-order valence-corrected chi connectivity index (χ4v) is 3.96. The van der Waals surface area contributed by atoms with Crippen molar-refractivity contribution in [3.8, 4) is 0 Å². The minimum Gasteiger partial charge on any atom is -0.330 e. The van der Waals surface area contributed by atoms with Gasteiger partial charge in [0.15, 0.2) is 0 Å². The quantitative estimate of drug-likeness (QED) is 0.603. The molecule has 2 fully saturated rings. The second kappa shape index (κ2) is 7.07. The minimum absolute atomic E-state index is 0.0698. The number of carbonyl (C=O) groups excluding carboxylic acids is 3. The third-order valence-corrected chi connectivity index (χ3v) is 5.65. The summed E-state index contributed by atoms with van der Waals surface area (Å²) in [5.74, 6) is -0.477. The molecule has 0 aromatic heterocycles. The number of anilines is 1. The van der Waals surface area contributed by atoms with Crippen molar-refractivity contribution in [1.82, 2.24) is 10.6 Å². The van der Waals surface area contributed by atoms with Crippen LogP contribution in [0.2, 0.25) is 0 Å². The topological polar surface area (TPSA) is 113 Å². The van der Waals surface area contributed by atoms with Crippen molar-refractivity contribution < 1.29 is 14.4 Å². The summed E-state index contributed by atoms with van der Waals surface area (Å²) >= 11 is 0. The minimum atomic E-state index is -1.14. The van der Waals surface area contributed by atoms with Gasteiger partial charge in [0.2, 0.25) is 5.91 Å². The fourth-order valence-electron chi connectivity index (χ4n) is 3.96. The molecule has 1 saturated carbocycles. The molecule has 1 heterocycles. The number of nitrogens with one attached hydrogen (secondary N) is 3. The molecule has 140 valence electrons. The Hall–Kier alpha value is -2.41. The number of rotatable bonds is 5. The Labute approximate surface area is 153 Å². The van der Waals surface area contributed by atoms with Crippen LogP contribution in [-0.2, 0) is 15.1 Å². The first-order chi connectivity index (χ1) is 12.4. The van der Waals surface area contributed by atoms with Crippen LogP contribution in [0.4, 0.5) is 10.5 Å². The molecule has 1 aromatic carbocycles. The number of hydrogen-bond acceptors (Lipinski definition) is 4. The van der Waals surface area contributed by atoms with Gasteiger partial charge in [0, 0.05) is 12.1 Å². The van der Waals surface area contributed by atoms with Gasteiger partial charge in [-0.2, -0.15) is 0 Å². The third kappa shape index (κ3) is 3.58. The second-order valence-electron chi connectivity index (χ2n) is 7.60. The molecule has 0 radical (unpaired) electrons. The monoisotopic (exact) mass is 358 g/mol. The first-order valence-electron chi connectivity index (χ1n) is 9.11. The standard InChI is InChI=1S/C19H26N4O3/c1-18(16(25)22-17(26)23-18)13-6-5-7-14(10-13)21-15(24)11-19(12-20)8-3-2-4-9-19/h5-7,10H,2-4,8-9,11-12,20H2,1H3,(H,21,24)(H2,22,23,25,26). The van der Waals surface area contributed by atoms with Gasteiger partial charge >= 0.3 is 6.03 Å². The number of hydrogen-bond donors (Lipinski definition) is 4. The van der Waals surface area contributed by atoms with Gasteiger partial charge in [-0.1, -0.05) is 31.4 Å². The summed E-state index contributed by atoms with van der Waals surface area (Å²) in [5.41, 5.74) is 5.94. The Balaban J connectivity index is 1.72. The average molecular weight is 358 g/mol. The second-order valence-corrected chi connectivity index (χ2v) is 7.60. The molecule has 4 amide bonds. The van der Waals surface area contributed by atoms with Crippen LogP contribution in [0, 0.1) is 5.41 Å². The summed E-state index contributed by atoms with van der Waals surface area (Å²) in [6.07, 6.45) is 5.82. The highest BCUT2D eigenvalue weighted by atomic mass is 16.2. The lowest BCUT2D eigenvalue weighted by molar-refractivity contribution is -0.123. The van der Waals surface area contributed by atoms with E-state index in [1.165, 1.54) is 6.42 Å². The molecule has 26 heavy (non-hydrogen) atoms. The van der Waals surface area contributed by atoms with Gasteiger partial charge in [-0.3, -0.25) is 14.9 Å². The highest BCUT2D eigenvalue weighted by molar-refractivity contribution is 6.07. The van der Waals surface area contributed by atoms with Crippen LogP contribution >= 0.6 is 0 Å². The van der Waals surface area contributed by atoms with Crippen LogP contribution in [0.25, 0.3) is 0 Å². The van der Waals surface area contributed by atoms with Crippen LogP contribution in [0.1, 0.15) is 51.0 Å².